The topological polar surface area (TPSA) is 0 Å². The van der Waals surface area contributed by atoms with Crippen molar-refractivity contribution in [1.82, 2.24) is 0 Å². The van der Waals surface area contributed by atoms with E-state index in [9.17, 15) is 4.39 Å². The van der Waals surface area contributed by atoms with Gasteiger partial charge in [0.15, 0.2) is 0 Å². The highest BCUT2D eigenvalue weighted by Gasteiger charge is 2.18. The zero-order valence-electron chi connectivity index (χ0n) is 13.4. The van der Waals surface area contributed by atoms with Gasteiger partial charge in [-0.3, -0.25) is 0 Å². The summed E-state index contributed by atoms with van der Waals surface area (Å²) in [6, 6.07) is 13.6. The quantitative estimate of drug-likeness (QED) is 0.578. The molecular weight excluding hydrogens is 271 g/mol. The molecule has 0 radical (unpaired) electrons. The van der Waals surface area contributed by atoms with Crippen LogP contribution in [0.1, 0.15) is 50.2 Å². The summed E-state index contributed by atoms with van der Waals surface area (Å²) in [5.74, 6) is 0.701. The fourth-order valence-corrected chi connectivity index (χ4v) is 3.58. The summed E-state index contributed by atoms with van der Waals surface area (Å²) in [4.78, 5) is 0. The van der Waals surface area contributed by atoms with Crippen LogP contribution in [0.3, 0.4) is 0 Å². The molecule has 0 fully saturated rings. The molecule has 0 nitrogen and oxygen atoms in total. The minimum Gasteiger partial charge on any atom is -0.207 e. The molecule has 1 aliphatic carbocycles. The maximum Gasteiger partial charge on any atom is 0.123 e. The first-order valence-electron chi connectivity index (χ1n) is 8.64. The van der Waals surface area contributed by atoms with E-state index in [1.807, 2.05) is 12.1 Å². The lowest BCUT2D eigenvalue weighted by Gasteiger charge is -2.25. The van der Waals surface area contributed by atoms with Gasteiger partial charge in [0.25, 0.3) is 0 Å². The largest absolute Gasteiger partial charge is 0.207 e. The molecule has 0 saturated carbocycles. The van der Waals surface area contributed by atoms with E-state index < -0.39 is 0 Å². The van der Waals surface area contributed by atoms with E-state index in [1.54, 1.807) is 12.1 Å². The van der Waals surface area contributed by atoms with Crippen LogP contribution < -0.4 is 0 Å². The Morgan fingerprint density at radius 2 is 1.73 bits per heavy atom. The van der Waals surface area contributed by atoms with E-state index in [4.69, 9.17) is 0 Å². The summed E-state index contributed by atoms with van der Waals surface area (Å²) in [6.07, 6.45) is 9.20. The highest BCUT2D eigenvalue weighted by Crippen LogP contribution is 2.32. The molecule has 1 atom stereocenters. The summed E-state index contributed by atoms with van der Waals surface area (Å²) in [5.41, 5.74) is 5.34. The molecule has 2 aromatic rings. The summed E-state index contributed by atoms with van der Waals surface area (Å²) < 4.78 is 13.0. The smallest absolute Gasteiger partial charge is 0.123 e. The summed E-state index contributed by atoms with van der Waals surface area (Å²) in [7, 11) is 0. The molecule has 22 heavy (non-hydrogen) atoms. The third-order valence-electron chi connectivity index (χ3n) is 4.93. The number of fused-ring (bicyclic) bond motifs is 1. The van der Waals surface area contributed by atoms with Crippen molar-refractivity contribution in [2.45, 2.75) is 51.9 Å². The Morgan fingerprint density at radius 3 is 2.50 bits per heavy atom. The predicted molar refractivity (Wildman–Crippen MR) is 91.5 cm³/mol. The number of aryl methyl sites for hydroxylation is 1. The standard InChI is InChI=1S/C21H25F/c1-2-3-4-5-16-6-7-20-15-19(9-8-18(20)14-16)17-10-12-21(22)13-11-17/h8-13,15-16H,2-7,14H2,1H3. The molecule has 3 rings (SSSR count). The van der Waals surface area contributed by atoms with Crippen molar-refractivity contribution in [1.29, 1.82) is 0 Å². The summed E-state index contributed by atoms with van der Waals surface area (Å²) in [5, 5.41) is 0. The lowest BCUT2D eigenvalue weighted by Crippen LogP contribution is -2.14. The molecule has 0 aromatic heterocycles. The maximum absolute atomic E-state index is 13.0. The van der Waals surface area contributed by atoms with Crippen molar-refractivity contribution >= 4 is 0 Å². The molecule has 116 valence electrons. The Hall–Kier alpha value is -1.63. The molecule has 0 aliphatic heterocycles. The number of hydrogen-bond donors (Lipinski definition) is 0. The Kier molecular flexibility index (Phi) is 4.92. The average molecular weight is 296 g/mol. The van der Waals surface area contributed by atoms with Crippen LogP contribution in [0.2, 0.25) is 0 Å². The van der Waals surface area contributed by atoms with E-state index >= 15 is 0 Å². The van der Waals surface area contributed by atoms with Crippen LogP contribution in [0.25, 0.3) is 11.1 Å². The predicted octanol–water partition coefficient (Wildman–Crippen LogP) is 6.18. The van der Waals surface area contributed by atoms with Gasteiger partial charge in [-0.05, 0) is 59.6 Å². The number of rotatable bonds is 5. The molecule has 0 saturated heterocycles. The van der Waals surface area contributed by atoms with Gasteiger partial charge in [-0.1, -0.05) is 62.9 Å². The van der Waals surface area contributed by atoms with E-state index in [0.717, 1.165) is 11.5 Å². The summed E-state index contributed by atoms with van der Waals surface area (Å²) in [6.45, 7) is 2.27. The highest BCUT2D eigenvalue weighted by molar-refractivity contribution is 5.65. The first-order valence-corrected chi connectivity index (χ1v) is 8.64. The van der Waals surface area contributed by atoms with Crippen molar-refractivity contribution in [3.63, 3.8) is 0 Å². The van der Waals surface area contributed by atoms with Crippen LogP contribution in [0.5, 0.6) is 0 Å². The molecule has 1 heteroatoms. The maximum atomic E-state index is 13.0. The van der Waals surface area contributed by atoms with Gasteiger partial charge in [0.05, 0.1) is 0 Å². The molecule has 0 bridgehead atoms. The molecule has 0 N–H and O–H groups in total. The number of benzene rings is 2. The zero-order chi connectivity index (χ0) is 15.4. The monoisotopic (exact) mass is 296 g/mol. The molecule has 0 heterocycles. The van der Waals surface area contributed by atoms with E-state index in [0.29, 0.717) is 0 Å². The fourth-order valence-electron chi connectivity index (χ4n) is 3.58. The lowest BCUT2D eigenvalue weighted by molar-refractivity contribution is 0.408. The van der Waals surface area contributed by atoms with Gasteiger partial charge in [-0.15, -0.1) is 0 Å². The lowest BCUT2D eigenvalue weighted by atomic mass is 9.80. The summed E-state index contributed by atoms with van der Waals surface area (Å²) >= 11 is 0. The van der Waals surface area contributed by atoms with Gasteiger partial charge in [0, 0.05) is 0 Å². The Bertz CT molecular complexity index is 612. The third kappa shape index (κ3) is 3.58. The minimum absolute atomic E-state index is 0.170. The molecule has 0 spiro atoms. The normalized spacial score (nSPS) is 17.3. The molecule has 0 amide bonds. The van der Waals surface area contributed by atoms with Crippen molar-refractivity contribution in [2.24, 2.45) is 5.92 Å². The van der Waals surface area contributed by atoms with Gasteiger partial charge in [0.2, 0.25) is 0 Å². The van der Waals surface area contributed by atoms with Crippen LogP contribution in [0, 0.1) is 11.7 Å². The highest BCUT2D eigenvalue weighted by atomic mass is 19.1. The van der Waals surface area contributed by atoms with Crippen molar-refractivity contribution in [2.75, 3.05) is 0 Å². The Balaban J connectivity index is 1.72. The molecular formula is C21H25F. The second kappa shape index (κ2) is 7.09. The first kappa shape index (κ1) is 15.3. The molecule has 1 aliphatic rings. The van der Waals surface area contributed by atoms with Gasteiger partial charge in [-0.25, -0.2) is 4.39 Å². The number of unbranched alkanes of at least 4 members (excludes halogenated alkanes) is 2. The Morgan fingerprint density at radius 1 is 0.955 bits per heavy atom. The van der Waals surface area contributed by atoms with Crippen molar-refractivity contribution in [3.05, 3.63) is 59.4 Å². The van der Waals surface area contributed by atoms with Crippen LogP contribution in [-0.2, 0) is 12.8 Å². The third-order valence-corrected chi connectivity index (χ3v) is 4.93. The van der Waals surface area contributed by atoms with Gasteiger partial charge in [0.1, 0.15) is 5.82 Å². The van der Waals surface area contributed by atoms with Crippen LogP contribution in [0.4, 0.5) is 4.39 Å². The zero-order valence-corrected chi connectivity index (χ0v) is 13.4. The fraction of sp³-hybridized carbons (Fsp3) is 0.429. The van der Waals surface area contributed by atoms with Gasteiger partial charge >= 0.3 is 0 Å². The van der Waals surface area contributed by atoms with E-state index in [2.05, 4.69) is 25.1 Å². The second-order valence-corrected chi connectivity index (χ2v) is 6.59. The van der Waals surface area contributed by atoms with Crippen LogP contribution >= 0.6 is 0 Å². The van der Waals surface area contributed by atoms with Gasteiger partial charge in [-0.2, -0.15) is 0 Å². The van der Waals surface area contributed by atoms with Crippen LogP contribution in [0.15, 0.2) is 42.5 Å². The SMILES string of the molecule is CCCCCC1CCc2cc(-c3ccc(F)cc3)ccc2C1. The van der Waals surface area contributed by atoms with E-state index in [1.165, 1.54) is 61.6 Å². The molecule has 2 aromatic carbocycles. The van der Waals surface area contributed by atoms with E-state index in [-0.39, 0.29) is 5.82 Å². The first-order chi connectivity index (χ1) is 10.8. The second-order valence-electron chi connectivity index (χ2n) is 6.59. The van der Waals surface area contributed by atoms with Gasteiger partial charge < -0.3 is 0 Å². The number of halogens is 1. The minimum atomic E-state index is -0.170. The van der Waals surface area contributed by atoms with Crippen molar-refractivity contribution in [3.8, 4) is 11.1 Å². The van der Waals surface area contributed by atoms with Crippen LogP contribution in [-0.4, -0.2) is 0 Å². The average Bonchev–Trinajstić information content (AvgIpc) is 2.55. The Labute approximate surface area is 133 Å². The number of hydrogen-bond acceptors (Lipinski definition) is 0. The molecule has 1 unspecified atom stereocenters. The van der Waals surface area contributed by atoms with Crippen molar-refractivity contribution < 1.29 is 4.39 Å².